The molecular formula is C20H30N2O2. The molecule has 0 aliphatic heterocycles. The molecule has 24 heavy (non-hydrogen) atoms. The maximum Gasteiger partial charge on any atom is 0.263 e. The van der Waals surface area contributed by atoms with E-state index >= 15 is 0 Å². The van der Waals surface area contributed by atoms with E-state index in [1.165, 1.54) is 24.0 Å². The Morgan fingerprint density at radius 2 is 1.88 bits per heavy atom. The Hall–Kier alpha value is -1.84. The number of pyridine rings is 1. The number of nitrogens with one attached hydrogen (secondary N) is 1. The van der Waals surface area contributed by atoms with E-state index in [4.69, 9.17) is 0 Å². The lowest BCUT2D eigenvalue weighted by Gasteiger charge is -2.20. The van der Waals surface area contributed by atoms with E-state index < -0.39 is 0 Å². The normalized spacial score (nSPS) is 14.5. The smallest absolute Gasteiger partial charge is 0.263 e. The second-order valence-electron chi connectivity index (χ2n) is 7.27. The predicted molar refractivity (Wildman–Crippen MR) is 98.6 cm³/mol. The van der Waals surface area contributed by atoms with Gasteiger partial charge < -0.3 is 9.88 Å². The topological polar surface area (TPSA) is 51.1 Å². The zero-order valence-corrected chi connectivity index (χ0v) is 15.4. The van der Waals surface area contributed by atoms with Gasteiger partial charge in [0.25, 0.3) is 11.5 Å². The van der Waals surface area contributed by atoms with Crippen LogP contribution in [0.1, 0.15) is 75.0 Å². The summed E-state index contributed by atoms with van der Waals surface area (Å²) in [6.07, 6.45) is 8.61. The zero-order valence-electron chi connectivity index (χ0n) is 15.4. The molecule has 1 N–H and O–H groups in total. The molecule has 0 fully saturated rings. The number of amides is 1. The summed E-state index contributed by atoms with van der Waals surface area (Å²) < 4.78 is 1.82. The minimum Gasteiger partial charge on any atom is -0.350 e. The lowest BCUT2D eigenvalue weighted by atomic mass is 9.95. The summed E-state index contributed by atoms with van der Waals surface area (Å²) in [6.45, 7) is 8.43. The number of hydrogen-bond acceptors (Lipinski definition) is 2. The van der Waals surface area contributed by atoms with Crippen LogP contribution in [0.3, 0.4) is 0 Å². The van der Waals surface area contributed by atoms with E-state index in [0.717, 1.165) is 31.4 Å². The van der Waals surface area contributed by atoms with Crippen LogP contribution in [0, 0.1) is 0 Å². The third-order valence-electron chi connectivity index (χ3n) is 4.45. The van der Waals surface area contributed by atoms with Crippen LogP contribution < -0.4 is 10.9 Å². The zero-order chi connectivity index (χ0) is 17.7. The lowest BCUT2D eigenvalue weighted by molar-refractivity contribution is 0.0941. The van der Waals surface area contributed by atoms with Crippen LogP contribution in [-0.4, -0.2) is 16.5 Å². The van der Waals surface area contributed by atoms with Gasteiger partial charge >= 0.3 is 0 Å². The van der Waals surface area contributed by atoms with Crippen molar-refractivity contribution in [1.82, 2.24) is 9.88 Å². The molecule has 4 heteroatoms. The Balaban J connectivity index is 2.55. The Morgan fingerprint density at radius 1 is 1.21 bits per heavy atom. The fourth-order valence-corrected chi connectivity index (χ4v) is 3.20. The standard InChI is InChI=1S/C20H30N2O2/c1-14(2)11-12-22-18-10-8-6-5-7-9-16(18)13-17(20(22)24)19(23)21-15(3)4/h11,13,15H,5-10,12H2,1-4H3,(H,21,23). The van der Waals surface area contributed by atoms with Crippen molar-refractivity contribution in [3.8, 4) is 0 Å². The van der Waals surface area contributed by atoms with Crippen molar-refractivity contribution < 1.29 is 4.79 Å². The fraction of sp³-hybridized carbons (Fsp3) is 0.600. The van der Waals surface area contributed by atoms with Crippen molar-refractivity contribution >= 4 is 5.91 Å². The molecule has 1 heterocycles. The largest absolute Gasteiger partial charge is 0.350 e. The Morgan fingerprint density at radius 3 is 2.50 bits per heavy atom. The molecule has 2 rings (SSSR count). The average Bonchev–Trinajstić information content (AvgIpc) is 2.46. The highest BCUT2D eigenvalue weighted by molar-refractivity contribution is 5.94. The molecular weight excluding hydrogens is 300 g/mol. The first-order valence-electron chi connectivity index (χ1n) is 9.10. The number of aromatic nitrogens is 1. The van der Waals surface area contributed by atoms with Crippen LogP contribution in [0.4, 0.5) is 0 Å². The molecule has 0 saturated heterocycles. The predicted octanol–water partition coefficient (Wildman–Crippen LogP) is 3.61. The molecule has 1 aromatic heterocycles. The number of carbonyl (C=O) groups is 1. The summed E-state index contributed by atoms with van der Waals surface area (Å²) in [5.74, 6) is -0.259. The average molecular weight is 330 g/mol. The molecule has 0 atom stereocenters. The minimum absolute atomic E-state index is 0.0187. The van der Waals surface area contributed by atoms with E-state index in [9.17, 15) is 9.59 Å². The van der Waals surface area contributed by atoms with E-state index in [2.05, 4.69) is 11.4 Å². The fourth-order valence-electron chi connectivity index (χ4n) is 3.20. The van der Waals surface area contributed by atoms with Crippen molar-refractivity contribution in [2.75, 3.05) is 0 Å². The molecule has 0 radical (unpaired) electrons. The van der Waals surface area contributed by atoms with Gasteiger partial charge in [-0.3, -0.25) is 9.59 Å². The molecule has 1 aromatic rings. The second-order valence-corrected chi connectivity index (χ2v) is 7.27. The SMILES string of the molecule is CC(C)=CCn1c2c(cc(C(=O)NC(C)C)c1=O)CCCCCC2. The summed E-state index contributed by atoms with van der Waals surface area (Å²) in [7, 11) is 0. The number of hydrogen-bond donors (Lipinski definition) is 1. The second kappa shape index (κ2) is 8.32. The third-order valence-corrected chi connectivity index (χ3v) is 4.45. The molecule has 0 bridgehead atoms. The van der Waals surface area contributed by atoms with Gasteiger partial charge in [-0.1, -0.05) is 24.5 Å². The lowest BCUT2D eigenvalue weighted by Crippen LogP contribution is -2.38. The first kappa shape index (κ1) is 18.5. The van der Waals surface area contributed by atoms with Gasteiger partial charge in [0.2, 0.25) is 0 Å². The highest BCUT2D eigenvalue weighted by Gasteiger charge is 2.20. The molecule has 0 aromatic carbocycles. The summed E-state index contributed by atoms with van der Waals surface area (Å²) >= 11 is 0. The van der Waals surface area contributed by atoms with E-state index in [-0.39, 0.29) is 23.1 Å². The quantitative estimate of drug-likeness (QED) is 0.857. The number of nitrogens with zero attached hydrogens (tertiary/aromatic N) is 1. The van der Waals surface area contributed by atoms with Gasteiger partial charge in [-0.05, 0) is 65.0 Å². The van der Waals surface area contributed by atoms with Gasteiger partial charge in [0.15, 0.2) is 0 Å². The van der Waals surface area contributed by atoms with Crippen molar-refractivity contribution in [1.29, 1.82) is 0 Å². The number of allylic oxidation sites excluding steroid dienone is 2. The van der Waals surface area contributed by atoms with Crippen molar-refractivity contribution in [2.24, 2.45) is 0 Å². The van der Waals surface area contributed by atoms with Crippen molar-refractivity contribution in [3.63, 3.8) is 0 Å². The van der Waals surface area contributed by atoms with E-state index in [1.807, 2.05) is 38.3 Å². The maximum atomic E-state index is 12.9. The highest BCUT2D eigenvalue weighted by atomic mass is 16.2. The van der Waals surface area contributed by atoms with Gasteiger partial charge in [0.1, 0.15) is 5.56 Å². The van der Waals surface area contributed by atoms with Crippen molar-refractivity contribution in [2.45, 2.75) is 78.8 Å². The van der Waals surface area contributed by atoms with Crippen LogP contribution in [0.5, 0.6) is 0 Å². The van der Waals surface area contributed by atoms with Crippen LogP contribution >= 0.6 is 0 Å². The molecule has 0 saturated carbocycles. The van der Waals surface area contributed by atoms with Crippen LogP contribution in [0.15, 0.2) is 22.5 Å². The Kier molecular flexibility index (Phi) is 6.41. The summed E-state index contributed by atoms with van der Waals surface area (Å²) in [5, 5.41) is 2.86. The first-order chi connectivity index (χ1) is 11.4. The van der Waals surface area contributed by atoms with Gasteiger partial charge in [-0.25, -0.2) is 0 Å². The number of aryl methyl sites for hydroxylation is 1. The van der Waals surface area contributed by atoms with Gasteiger partial charge in [-0.15, -0.1) is 0 Å². The van der Waals surface area contributed by atoms with Crippen LogP contribution in [0.2, 0.25) is 0 Å². The summed E-state index contributed by atoms with van der Waals surface area (Å²) in [5.41, 5.74) is 3.59. The van der Waals surface area contributed by atoms with Gasteiger partial charge in [-0.2, -0.15) is 0 Å². The van der Waals surface area contributed by atoms with Gasteiger partial charge in [0.05, 0.1) is 0 Å². The summed E-state index contributed by atoms with van der Waals surface area (Å²) in [6, 6.07) is 1.87. The van der Waals surface area contributed by atoms with Crippen molar-refractivity contribution in [3.05, 3.63) is 44.9 Å². The summed E-state index contributed by atoms with van der Waals surface area (Å²) in [4.78, 5) is 25.4. The number of fused-ring (bicyclic) bond motifs is 1. The number of carbonyl (C=O) groups excluding carboxylic acids is 1. The number of rotatable bonds is 4. The molecule has 0 unspecified atom stereocenters. The monoisotopic (exact) mass is 330 g/mol. The Bertz CT molecular complexity index is 680. The molecule has 4 nitrogen and oxygen atoms in total. The Labute approximate surface area is 145 Å². The van der Waals surface area contributed by atoms with Crippen LogP contribution in [0.25, 0.3) is 0 Å². The molecule has 0 spiro atoms. The molecule has 1 aliphatic rings. The molecule has 1 aliphatic carbocycles. The van der Waals surface area contributed by atoms with E-state index in [1.54, 1.807) is 0 Å². The highest BCUT2D eigenvalue weighted by Crippen LogP contribution is 2.20. The third kappa shape index (κ3) is 4.59. The molecule has 132 valence electrons. The van der Waals surface area contributed by atoms with Gasteiger partial charge in [0, 0.05) is 18.3 Å². The van der Waals surface area contributed by atoms with E-state index in [0.29, 0.717) is 6.54 Å². The maximum absolute atomic E-state index is 12.9. The van der Waals surface area contributed by atoms with Crippen LogP contribution in [-0.2, 0) is 19.4 Å². The molecule has 1 amide bonds. The minimum atomic E-state index is -0.259. The first-order valence-corrected chi connectivity index (χ1v) is 9.10.